The second-order valence-corrected chi connectivity index (χ2v) is 8.57. The summed E-state index contributed by atoms with van der Waals surface area (Å²) in [7, 11) is 0. The second kappa shape index (κ2) is 5.34. The monoisotopic (exact) mass is 360 g/mol. The van der Waals surface area contributed by atoms with E-state index in [2.05, 4.69) is 20.8 Å². The van der Waals surface area contributed by atoms with Gasteiger partial charge in [-0.15, -0.1) is 0 Å². The van der Waals surface area contributed by atoms with Gasteiger partial charge in [-0.3, -0.25) is 0 Å². The normalized spacial score (nSPS) is 29.9. The van der Waals surface area contributed by atoms with Gasteiger partial charge in [0.05, 0.1) is 0 Å². The first-order valence-electron chi connectivity index (χ1n) is 8.67. The zero-order chi connectivity index (χ0) is 18.0. The molecule has 4 nitrogen and oxygen atoms in total. The Balaban J connectivity index is 1.65. The average molecular weight is 361 g/mol. The van der Waals surface area contributed by atoms with Gasteiger partial charge in [-0.2, -0.15) is 0 Å². The van der Waals surface area contributed by atoms with E-state index in [-0.39, 0.29) is 22.5 Å². The SMILES string of the molecule is CC1(C)[C@@H]2CC[C@]1(C)[C@H](OC(=O)c1cc3cc(Cl)ccc3oc1=O)C2. The zero-order valence-electron chi connectivity index (χ0n) is 14.6. The third kappa shape index (κ3) is 2.34. The van der Waals surface area contributed by atoms with Gasteiger partial charge in [0, 0.05) is 15.8 Å². The van der Waals surface area contributed by atoms with Crippen LogP contribution >= 0.6 is 11.6 Å². The molecule has 1 heterocycles. The molecule has 3 atom stereocenters. The first-order chi connectivity index (χ1) is 11.7. The molecule has 2 aliphatic rings. The zero-order valence-corrected chi connectivity index (χ0v) is 15.4. The lowest BCUT2D eigenvalue weighted by atomic mass is 9.70. The summed E-state index contributed by atoms with van der Waals surface area (Å²) < 4.78 is 11.0. The molecule has 2 bridgehead atoms. The van der Waals surface area contributed by atoms with E-state index in [1.807, 2.05) is 0 Å². The van der Waals surface area contributed by atoms with Crippen LogP contribution in [0.2, 0.25) is 5.02 Å². The Morgan fingerprint density at radius 3 is 2.68 bits per heavy atom. The summed E-state index contributed by atoms with van der Waals surface area (Å²) in [6.45, 7) is 6.70. The molecule has 2 aromatic rings. The molecule has 0 saturated heterocycles. The third-order valence-electron chi connectivity index (χ3n) is 6.88. The van der Waals surface area contributed by atoms with Crippen LogP contribution in [0.3, 0.4) is 0 Å². The summed E-state index contributed by atoms with van der Waals surface area (Å²) >= 11 is 5.98. The van der Waals surface area contributed by atoms with E-state index in [1.165, 1.54) is 12.5 Å². The molecule has 2 fully saturated rings. The predicted molar refractivity (Wildman–Crippen MR) is 95.9 cm³/mol. The van der Waals surface area contributed by atoms with Gasteiger partial charge in [0.2, 0.25) is 0 Å². The molecule has 2 saturated carbocycles. The maximum Gasteiger partial charge on any atom is 0.351 e. The fraction of sp³-hybridized carbons (Fsp3) is 0.500. The van der Waals surface area contributed by atoms with Crippen LogP contribution in [0.4, 0.5) is 0 Å². The van der Waals surface area contributed by atoms with Crippen molar-refractivity contribution in [1.82, 2.24) is 0 Å². The molecule has 25 heavy (non-hydrogen) atoms. The van der Waals surface area contributed by atoms with Crippen molar-refractivity contribution in [1.29, 1.82) is 0 Å². The fourth-order valence-corrected chi connectivity index (χ4v) is 4.92. The summed E-state index contributed by atoms with van der Waals surface area (Å²) in [6, 6.07) is 6.44. The summed E-state index contributed by atoms with van der Waals surface area (Å²) in [5.41, 5.74) is -0.252. The van der Waals surface area contributed by atoms with Crippen molar-refractivity contribution in [3.8, 4) is 0 Å². The van der Waals surface area contributed by atoms with Gasteiger partial charge >= 0.3 is 11.6 Å². The minimum atomic E-state index is -0.674. The maximum atomic E-state index is 12.7. The number of carbonyl (C=O) groups is 1. The topological polar surface area (TPSA) is 56.5 Å². The quantitative estimate of drug-likeness (QED) is 0.569. The standard InChI is InChI=1S/C20H21ClO4/c1-19(2)12-6-7-20(19,3)16(10-12)25-18(23)14-9-11-8-13(21)4-5-15(11)24-17(14)22/h4-5,8-9,12,16H,6-7,10H2,1-3H3/t12-,16-,20-/m1/s1. The molecule has 132 valence electrons. The minimum absolute atomic E-state index is 0.0479. The van der Waals surface area contributed by atoms with Crippen molar-refractivity contribution in [3.05, 3.63) is 45.3 Å². The highest BCUT2D eigenvalue weighted by molar-refractivity contribution is 6.31. The van der Waals surface area contributed by atoms with E-state index in [4.69, 9.17) is 20.8 Å². The highest BCUT2D eigenvalue weighted by Gasteiger charge is 2.62. The van der Waals surface area contributed by atoms with Crippen LogP contribution in [-0.2, 0) is 4.74 Å². The van der Waals surface area contributed by atoms with E-state index < -0.39 is 11.6 Å². The van der Waals surface area contributed by atoms with Gasteiger partial charge in [0.15, 0.2) is 0 Å². The van der Waals surface area contributed by atoms with Crippen molar-refractivity contribution >= 4 is 28.5 Å². The Kier molecular flexibility index (Phi) is 3.56. The Morgan fingerprint density at radius 1 is 1.28 bits per heavy atom. The van der Waals surface area contributed by atoms with Crippen molar-refractivity contribution in [2.24, 2.45) is 16.7 Å². The van der Waals surface area contributed by atoms with Gasteiger partial charge in [0.25, 0.3) is 0 Å². The van der Waals surface area contributed by atoms with Crippen LogP contribution < -0.4 is 5.63 Å². The number of hydrogen-bond acceptors (Lipinski definition) is 4. The summed E-state index contributed by atoms with van der Waals surface area (Å²) in [4.78, 5) is 24.9. The Morgan fingerprint density at radius 2 is 2.04 bits per heavy atom. The van der Waals surface area contributed by atoms with Gasteiger partial charge in [-0.05, 0) is 54.9 Å². The third-order valence-corrected chi connectivity index (χ3v) is 7.11. The highest BCUT2D eigenvalue weighted by atomic mass is 35.5. The van der Waals surface area contributed by atoms with E-state index in [1.54, 1.807) is 18.2 Å². The predicted octanol–water partition coefficient (Wildman–Crippen LogP) is 4.82. The molecule has 1 aromatic heterocycles. The van der Waals surface area contributed by atoms with Crippen LogP contribution in [0.25, 0.3) is 11.0 Å². The number of halogens is 1. The Bertz CT molecular complexity index is 929. The van der Waals surface area contributed by atoms with Crippen molar-refractivity contribution in [3.63, 3.8) is 0 Å². The molecule has 5 heteroatoms. The largest absolute Gasteiger partial charge is 0.458 e. The molecular weight excluding hydrogens is 340 g/mol. The number of esters is 1. The summed E-state index contributed by atoms with van der Waals surface area (Å²) in [5.74, 6) is -0.0488. The first kappa shape index (κ1) is 16.6. The van der Waals surface area contributed by atoms with Gasteiger partial charge in [-0.1, -0.05) is 32.4 Å². The van der Waals surface area contributed by atoms with Gasteiger partial charge in [-0.25, -0.2) is 9.59 Å². The molecule has 0 aliphatic heterocycles. The van der Waals surface area contributed by atoms with Gasteiger partial charge in [0.1, 0.15) is 17.3 Å². The maximum absolute atomic E-state index is 12.7. The van der Waals surface area contributed by atoms with Crippen LogP contribution in [0, 0.1) is 16.7 Å². The van der Waals surface area contributed by atoms with Crippen LogP contribution in [0.1, 0.15) is 50.4 Å². The van der Waals surface area contributed by atoms with E-state index in [0.29, 0.717) is 21.9 Å². The molecular formula is C20H21ClO4. The van der Waals surface area contributed by atoms with E-state index in [9.17, 15) is 9.59 Å². The van der Waals surface area contributed by atoms with E-state index in [0.717, 1.165) is 12.8 Å². The number of carbonyl (C=O) groups excluding carboxylic acids is 1. The summed E-state index contributed by atoms with van der Waals surface area (Å²) in [5, 5.41) is 1.13. The van der Waals surface area contributed by atoms with Gasteiger partial charge < -0.3 is 9.15 Å². The number of ether oxygens (including phenoxy) is 1. The second-order valence-electron chi connectivity index (χ2n) is 8.13. The number of rotatable bonds is 2. The van der Waals surface area contributed by atoms with Crippen LogP contribution in [-0.4, -0.2) is 12.1 Å². The minimum Gasteiger partial charge on any atom is -0.458 e. The molecule has 0 spiro atoms. The van der Waals surface area contributed by atoms with E-state index >= 15 is 0 Å². The number of fused-ring (bicyclic) bond motifs is 3. The molecule has 0 radical (unpaired) electrons. The van der Waals surface area contributed by atoms with Crippen LogP contribution in [0.15, 0.2) is 33.5 Å². The fourth-order valence-electron chi connectivity index (χ4n) is 4.74. The molecule has 0 amide bonds. The average Bonchev–Trinajstić information content (AvgIpc) is 2.88. The lowest BCUT2D eigenvalue weighted by molar-refractivity contribution is -0.0245. The molecule has 0 unspecified atom stereocenters. The summed E-state index contributed by atoms with van der Waals surface area (Å²) in [6.07, 6.45) is 2.92. The molecule has 0 N–H and O–H groups in total. The lowest BCUT2D eigenvalue weighted by Gasteiger charge is -2.38. The molecule has 4 rings (SSSR count). The number of hydrogen-bond donors (Lipinski definition) is 0. The lowest BCUT2D eigenvalue weighted by Crippen LogP contribution is -2.38. The van der Waals surface area contributed by atoms with Crippen molar-refractivity contribution < 1.29 is 13.9 Å². The van der Waals surface area contributed by atoms with Crippen molar-refractivity contribution in [2.45, 2.75) is 46.1 Å². The van der Waals surface area contributed by atoms with Crippen LogP contribution in [0.5, 0.6) is 0 Å². The Labute approximate surface area is 151 Å². The molecule has 1 aromatic carbocycles. The molecule has 2 aliphatic carbocycles. The number of benzene rings is 1. The first-order valence-corrected chi connectivity index (χ1v) is 9.04. The highest BCUT2D eigenvalue weighted by Crippen LogP contribution is 2.66. The van der Waals surface area contributed by atoms with Crippen molar-refractivity contribution in [2.75, 3.05) is 0 Å². The Hall–Kier alpha value is -1.81. The smallest absolute Gasteiger partial charge is 0.351 e.